The van der Waals surface area contributed by atoms with Gasteiger partial charge in [-0.25, -0.2) is 14.8 Å². The van der Waals surface area contributed by atoms with E-state index in [1.807, 2.05) is 49.4 Å². The van der Waals surface area contributed by atoms with Crippen molar-refractivity contribution in [2.75, 3.05) is 13.7 Å². The quantitative estimate of drug-likeness (QED) is 0.153. The van der Waals surface area contributed by atoms with Crippen LogP contribution in [0, 0.1) is 6.92 Å². The topological polar surface area (TPSA) is 132 Å². The van der Waals surface area contributed by atoms with Crippen LogP contribution in [0.3, 0.4) is 0 Å². The molecular formula is C39H37Cl2N5O6. The SMILES string of the molecule is COc1nc(-c2cccc(-c3cccc(-c4cc(C)c5nc(CN(CC6CCC(=O)N6)C(=O)OC(C)(C)C)cc(=O)n5c4)c3Cl)c2Cl)ccc1C=O. The molecule has 2 aromatic carbocycles. The second-order valence-electron chi connectivity index (χ2n) is 13.6. The van der Waals surface area contributed by atoms with Gasteiger partial charge in [-0.2, -0.15) is 0 Å². The Balaban J connectivity index is 1.34. The van der Waals surface area contributed by atoms with Gasteiger partial charge in [0.1, 0.15) is 11.2 Å². The number of nitrogens with zero attached hydrogens (tertiary/aromatic N) is 4. The maximum Gasteiger partial charge on any atom is 0.410 e. The first-order valence-electron chi connectivity index (χ1n) is 16.6. The zero-order chi connectivity index (χ0) is 37.3. The summed E-state index contributed by atoms with van der Waals surface area (Å²) in [6.07, 6.45) is 2.79. The first-order valence-corrected chi connectivity index (χ1v) is 17.4. The number of ether oxygens (including phenoxy) is 2. The Morgan fingerprint density at radius 3 is 2.31 bits per heavy atom. The lowest BCUT2D eigenvalue weighted by Gasteiger charge is -2.29. The predicted octanol–water partition coefficient (Wildman–Crippen LogP) is 7.54. The number of rotatable bonds is 9. The number of aldehydes is 1. The molecule has 0 saturated carbocycles. The average molecular weight is 743 g/mol. The van der Waals surface area contributed by atoms with Crippen molar-refractivity contribution in [3.63, 3.8) is 0 Å². The van der Waals surface area contributed by atoms with Crippen molar-refractivity contribution in [3.8, 4) is 39.4 Å². The molecule has 0 bridgehead atoms. The van der Waals surface area contributed by atoms with Crippen molar-refractivity contribution in [1.82, 2.24) is 24.6 Å². The molecular weight excluding hydrogens is 705 g/mol. The number of nitrogens with one attached hydrogen (secondary N) is 1. The fourth-order valence-electron chi connectivity index (χ4n) is 6.21. The van der Waals surface area contributed by atoms with Crippen molar-refractivity contribution >= 4 is 47.1 Å². The monoisotopic (exact) mass is 741 g/mol. The number of fused-ring (bicyclic) bond motifs is 1. The lowest BCUT2D eigenvalue weighted by molar-refractivity contribution is -0.119. The van der Waals surface area contributed by atoms with E-state index in [4.69, 9.17) is 37.7 Å². The molecule has 3 aromatic heterocycles. The molecule has 1 fully saturated rings. The van der Waals surface area contributed by atoms with Crippen molar-refractivity contribution in [2.45, 2.75) is 58.7 Å². The number of methoxy groups -OCH3 is 1. The number of aromatic nitrogens is 3. The van der Waals surface area contributed by atoms with E-state index in [1.165, 1.54) is 22.5 Å². The van der Waals surface area contributed by atoms with Gasteiger partial charge in [0.2, 0.25) is 11.8 Å². The van der Waals surface area contributed by atoms with E-state index in [-0.39, 0.29) is 36.5 Å². The van der Waals surface area contributed by atoms with Gasteiger partial charge in [0, 0.05) is 59.1 Å². The Kier molecular flexibility index (Phi) is 10.4. The molecule has 0 spiro atoms. The largest absolute Gasteiger partial charge is 0.480 e. The Labute approximate surface area is 310 Å². The standard InChI is InChI=1S/C39H37Cl2N5O6/c1-22-16-24(18-46-33(49)17-26(43-36(22)46)20-45(38(50)52-39(2,3)4)19-25-13-15-32(48)42-25)27-8-6-9-28(34(27)40)29-10-7-11-30(35(29)41)31-14-12-23(21-47)37(44-31)51-5/h6-12,14,16-18,21,25H,13,15,19-20H2,1-5H3,(H,42,48). The fraction of sp³-hybridized carbons (Fsp3) is 0.282. The molecule has 5 aromatic rings. The third kappa shape index (κ3) is 7.66. The third-order valence-electron chi connectivity index (χ3n) is 8.61. The number of pyridine rings is 2. The lowest BCUT2D eigenvalue weighted by atomic mass is 9.97. The number of hydrogen-bond acceptors (Lipinski definition) is 8. The second kappa shape index (κ2) is 14.8. The van der Waals surface area contributed by atoms with Gasteiger partial charge in [0.25, 0.3) is 5.56 Å². The number of halogens is 2. The summed E-state index contributed by atoms with van der Waals surface area (Å²) in [6, 6.07) is 17.5. The second-order valence-corrected chi connectivity index (χ2v) is 14.4. The summed E-state index contributed by atoms with van der Waals surface area (Å²) in [6.45, 7) is 7.43. The highest BCUT2D eigenvalue weighted by Gasteiger charge is 2.29. The van der Waals surface area contributed by atoms with Crippen molar-refractivity contribution in [2.24, 2.45) is 0 Å². The van der Waals surface area contributed by atoms with Crippen molar-refractivity contribution in [1.29, 1.82) is 0 Å². The predicted molar refractivity (Wildman–Crippen MR) is 200 cm³/mol. The third-order valence-corrected chi connectivity index (χ3v) is 9.43. The van der Waals surface area contributed by atoms with Crippen LogP contribution < -0.4 is 15.6 Å². The Morgan fingerprint density at radius 2 is 1.67 bits per heavy atom. The van der Waals surface area contributed by atoms with E-state index in [0.29, 0.717) is 85.2 Å². The summed E-state index contributed by atoms with van der Waals surface area (Å²) in [5, 5.41) is 3.72. The number of benzene rings is 2. The molecule has 2 amide bonds. The van der Waals surface area contributed by atoms with Crippen LogP contribution in [0.1, 0.15) is 55.2 Å². The summed E-state index contributed by atoms with van der Waals surface area (Å²) in [7, 11) is 1.45. The first kappa shape index (κ1) is 36.5. The molecule has 11 nitrogen and oxygen atoms in total. The van der Waals surface area contributed by atoms with Gasteiger partial charge in [-0.05, 0) is 57.9 Å². The summed E-state index contributed by atoms with van der Waals surface area (Å²) in [5.41, 5.74) is 4.62. The van der Waals surface area contributed by atoms with Gasteiger partial charge in [-0.1, -0.05) is 59.6 Å². The van der Waals surface area contributed by atoms with Crippen molar-refractivity contribution < 1.29 is 23.9 Å². The summed E-state index contributed by atoms with van der Waals surface area (Å²) in [4.78, 5) is 60.8. The van der Waals surface area contributed by atoms with Gasteiger partial charge < -0.3 is 19.7 Å². The van der Waals surface area contributed by atoms with Gasteiger partial charge in [-0.15, -0.1) is 0 Å². The number of amides is 2. The molecule has 1 saturated heterocycles. The Bertz CT molecular complexity index is 2280. The van der Waals surface area contributed by atoms with Crippen LogP contribution in [0.2, 0.25) is 10.0 Å². The molecule has 1 unspecified atom stereocenters. The number of aryl methyl sites for hydroxylation is 1. The molecule has 1 atom stereocenters. The zero-order valence-corrected chi connectivity index (χ0v) is 30.8. The van der Waals surface area contributed by atoms with Crippen LogP contribution >= 0.6 is 23.2 Å². The lowest BCUT2D eigenvalue weighted by Crippen LogP contribution is -2.44. The van der Waals surface area contributed by atoms with E-state index in [0.717, 1.165) is 0 Å². The summed E-state index contributed by atoms with van der Waals surface area (Å²) >= 11 is 14.1. The van der Waals surface area contributed by atoms with Crippen molar-refractivity contribution in [3.05, 3.63) is 104 Å². The molecule has 6 rings (SSSR count). The van der Waals surface area contributed by atoms with Gasteiger partial charge in [0.15, 0.2) is 6.29 Å². The summed E-state index contributed by atoms with van der Waals surface area (Å²) in [5.74, 6) is 0.127. The first-order chi connectivity index (χ1) is 24.8. The van der Waals surface area contributed by atoms with Gasteiger partial charge >= 0.3 is 6.09 Å². The molecule has 1 aliphatic heterocycles. The molecule has 4 heterocycles. The molecule has 1 N–H and O–H groups in total. The maximum atomic E-state index is 13.6. The smallest absolute Gasteiger partial charge is 0.410 e. The molecule has 0 radical (unpaired) electrons. The minimum Gasteiger partial charge on any atom is -0.480 e. The van der Waals surface area contributed by atoms with E-state index in [9.17, 15) is 19.2 Å². The highest BCUT2D eigenvalue weighted by molar-refractivity contribution is 6.39. The van der Waals surface area contributed by atoms with Crippen LogP contribution in [-0.2, 0) is 16.1 Å². The normalized spacial score (nSPS) is 14.3. The van der Waals surface area contributed by atoms with Crippen LogP contribution in [-0.4, -0.2) is 62.9 Å². The van der Waals surface area contributed by atoms with Gasteiger partial charge in [-0.3, -0.25) is 18.8 Å². The highest BCUT2D eigenvalue weighted by Crippen LogP contribution is 2.42. The van der Waals surface area contributed by atoms with E-state index in [2.05, 4.69) is 10.3 Å². The van der Waals surface area contributed by atoms with Crippen LogP contribution in [0.15, 0.2) is 71.7 Å². The Hall–Kier alpha value is -5.26. The minimum atomic E-state index is -0.736. The molecule has 268 valence electrons. The van der Waals surface area contributed by atoms with Crippen LogP contribution in [0.5, 0.6) is 5.88 Å². The number of carbonyl (C=O) groups is 3. The zero-order valence-electron chi connectivity index (χ0n) is 29.3. The minimum absolute atomic E-state index is 0.0193. The average Bonchev–Trinajstić information content (AvgIpc) is 3.51. The molecule has 0 aliphatic carbocycles. The molecule has 1 aliphatic rings. The summed E-state index contributed by atoms with van der Waals surface area (Å²) < 4.78 is 12.4. The maximum absolute atomic E-state index is 13.6. The van der Waals surface area contributed by atoms with Gasteiger partial charge in [0.05, 0.1) is 40.7 Å². The van der Waals surface area contributed by atoms with E-state index < -0.39 is 11.7 Å². The number of carbonyl (C=O) groups excluding carboxylic acids is 3. The molecule has 52 heavy (non-hydrogen) atoms. The fourth-order valence-corrected chi connectivity index (χ4v) is 6.87. The van der Waals surface area contributed by atoms with Crippen LogP contribution in [0.25, 0.3) is 39.2 Å². The Morgan fingerprint density at radius 1 is 1.00 bits per heavy atom. The van der Waals surface area contributed by atoms with E-state index in [1.54, 1.807) is 39.1 Å². The van der Waals surface area contributed by atoms with E-state index >= 15 is 0 Å². The molecule has 13 heteroatoms. The van der Waals surface area contributed by atoms with Crippen LogP contribution in [0.4, 0.5) is 4.79 Å². The number of hydrogen-bond donors (Lipinski definition) is 1. The highest BCUT2D eigenvalue weighted by atomic mass is 35.5.